The zero-order valence-electron chi connectivity index (χ0n) is 6.26. The van der Waals surface area contributed by atoms with Crippen LogP contribution in [-0.2, 0) is 4.74 Å². The van der Waals surface area contributed by atoms with Crippen molar-refractivity contribution in [3.63, 3.8) is 0 Å². The molecule has 0 aromatic rings. The molecule has 0 aliphatic rings. The molecule has 0 heterocycles. The van der Waals surface area contributed by atoms with Gasteiger partial charge in [0.2, 0.25) is 0 Å². The van der Waals surface area contributed by atoms with Crippen molar-refractivity contribution in [3.05, 3.63) is 0 Å². The molecule has 9 heavy (non-hydrogen) atoms. The molecule has 0 saturated heterocycles. The highest BCUT2D eigenvalue weighted by molar-refractivity contribution is 7.80. The van der Waals surface area contributed by atoms with E-state index in [1.165, 1.54) is 0 Å². The van der Waals surface area contributed by atoms with Gasteiger partial charge in [0.1, 0.15) is 0 Å². The lowest BCUT2D eigenvalue weighted by atomic mass is 10.3. The minimum Gasteiger partial charge on any atom is -0.379 e. The van der Waals surface area contributed by atoms with E-state index in [1.54, 1.807) is 0 Å². The third-order valence-electron chi connectivity index (χ3n) is 1.00. The largest absolute Gasteiger partial charge is 0.379 e. The lowest BCUT2D eigenvalue weighted by Gasteiger charge is -2.05. The fourth-order valence-electron chi connectivity index (χ4n) is 0.533. The molecule has 0 radical (unpaired) electrons. The van der Waals surface area contributed by atoms with Crippen molar-refractivity contribution in [1.82, 2.24) is 0 Å². The molecule has 0 amide bonds. The molecule has 0 fully saturated rings. The van der Waals surface area contributed by atoms with Gasteiger partial charge in [-0.15, -0.1) is 0 Å². The first-order valence-corrected chi connectivity index (χ1v) is 4.13. The molecule has 0 spiro atoms. The standard InChI is InChI=1S/C7H16OS/c1-7(2)8-5-3-4-6-9/h7,9H,3-6H2,1-2H3. The van der Waals surface area contributed by atoms with Crippen molar-refractivity contribution in [2.75, 3.05) is 12.4 Å². The molecule has 2 heteroatoms. The second kappa shape index (κ2) is 6.43. The molecular formula is C7H16OS. The van der Waals surface area contributed by atoms with Crippen LogP contribution in [0.15, 0.2) is 0 Å². The highest BCUT2D eigenvalue weighted by Crippen LogP contribution is 1.94. The smallest absolute Gasteiger partial charge is 0.0518 e. The Bertz CT molecular complexity index is 54.9. The van der Waals surface area contributed by atoms with Crippen molar-refractivity contribution in [2.45, 2.75) is 32.8 Å². The van der Waals surface area contributed by atoms with Crippen molar-refractivity contribution in [1.29, 1.82) is 0 Å². The maximum absolute atomic E-state index is 5.31. The van der Waals surface area contributed by atoms with Crippen LogP contribution in [0.2, 0.25) is 0 Å². The van der Waals surface area contributed by atoms with E-state index < -0.39 is 0 Å². The lowest BCUT2D eigenvalue weighted by Crippen LogP contribution is -2.03. The van der Waals surface area contributed by atoms with Gasteiger partial charge in [-0.05, 0) is 32.4 Å². The first-order valence-electron chi connectivity index (χ1n) is 3.50. The van der Waals surface area contributed by atoms with Crippen molar-refractivity contribution in [3.8, 4) is 0 Å². The van der Waals surface area contributed by atoms with E-state index in [9.17, 15) is 0 Å². The van der Waals surface area contributed by atoms with Crippen LogP contribution < -0.4 is 0 Å². The Morgan fingerprint density at radius 3 is 2.44 bits per heavy atom. The summed E-state index contributed by atoms with van der Waals surface area (Å²) in [5, 5.41) is 0. The van der Waals surface area contributed by atoms with E-state index in [0.29, 0.717) is 6.10 Å². The van der Waals surface area contributed by atoms with Gasteiger partial charge in [0.15, 0.2) is 0 Å². The van der Waals surface area contributed by atoms with E-state index in [1.807, 2.05) is 0 Å². The fraction of sp³-hybridized carbons (Fsp3) is 1.00. The second-order valence-corrected chi connectivity index (χ2v) is 2.80. The average molecular weight is 148 g/mol. The summed E-state index contributed by atoms with van der Waals surface area (Å²) >= 11 is 4.09. The molecule has 0 aliphatic carbocycles. The minimum atomic E-state index is 0.380. The van der Waals surface area contributed by atoms with E-state index >= 15 is 0 Å². The van der Waals surface area contributed by atoms with Crippen LogP contribution >= 0.6 is 12.6 Å². The third-order valence-corrected chi connectivity index (χ3v) is 1.32. The van der Waals surface area contributed by atoms with Crippen LogP contribution in [0.3, 0.4) is 0 Å². The van der Waals surface area contributed by atoms with Crippen LogP contribution in [0, 0.1) is 0 Å². The van der Waals surface area contributed by atoms with Gasteiger partial charge < -0.3 is 4.74 Å². The quantitative estimate of drug-likeness (QED) is 0.464. The lowest BCUT2D eigenvalue weighted by molar-refractivity contribution is 0.0768. The van der Waals surface area contributed by atoms with Gasteiger partial charge in [0, 0.05) is 6.61 Å². The van der Waals surface area contributed by atoms with E-state index in [-0.39, 0.29) is 0 Å². The molecule has 1 nitrogen and oxygen atoms in total. The monoisotopic (exact) mass is 148 g/mol. The van der Waals surface area contributed by atoms with E-state index in [0.717, 1.165) is 25.2 Å². The Labute approximate surface area is 63.2 Å². The highest BCUT2D eigenvalue weighted by Gasteiger charge is 1.90. The molecular weight excluding hydrogens is 132 g/mol. The molecule has 0 unspecified atom stereocenters. The van der Waals surface area contributed by atoms with Gasteiger partial charge >= 0.3 is 0 Å². The van der Waals surface area contributed by atoms with Gasteiger partial charge in [-0.25, -0.2) is 0 Å². The Morgan fingerprint density at radius 2 is 2.00 bits per heavy atom. The molecule has 56 valence electrons. The zero-order chi connectivity index (χ0) is 7.11. The Hall–Kier alpha value is 0.310. The zero-order valence-corrected chi connectivity index (χ0v) is 7.16. The number of ether oxygens (including phenoxy) is 1. The third kappa shape index (κ3) is 8.31. The van der Waals surface area contributed by atoms with Crippen molar-refractivity contribution < 1.29 is 4.74 Å². The number of thiol groups is 1. The van der Waals surface area contributed by atoms with Gasteiger partial charge in [-0.1, -0.05) is 0 Å². The van der Waals surface area contributed by atoms with Gasteiger partial charge in [0.25, 0.3) is 0 Å². The molecule has 0 bridgehead atoms. The molecule has 0 aromatic carbocycles. The van der Waals surface area contributed by atoms with Gasteiger partial charge in [0.05, 0.1) is 6.10 Å². The van der Waals surface area contributed by atoms with Crippen molar-refractivity contribution in [2.24, 2.45) is 0 Å². The van der Waals surface area contributed by atoms with E-state index in [2.05, 4.69) is 26.5 Å². The summed E-state index contributed by atoms with van der Waals surface area (Å²) in [6.07, 6.45) is 2.68. The summed E-state index contributed by atoms with van der Waals surface area (Å²) in [6, 6.07) is 0. The summed E-state index contributed by atoms with van der Waals surface area (Å²) < 4.78 is 5.31. The predicted octanol–water partition coefficient (Wildman–Crippen LogP) is 2.12. The maximum atomic E-state index is 5.31. The van der Waals surface area contributed by atoms with Crippen molar-refractivity contribution >= 4 is 12.6 Å². The maximum Gasteiger partial charge on any atom is 0.0518 e. The van der Waals surface area contributed by atoms with Crippen LogP contribution in [-0.4, -0.2) is 18.5 Å². The predicted molar refractivity (Wildman–Crippen MR) is 44.2 cm³/mol. The normalized spacial score (nSPS) is 10.7. The summed E-state index contributed by atoms with van der Waals surface area (Å²) in [7, 11) is 0. The second-order valence-electron chi connectivity index (χ2n) is 2.35. The molecule has 0 atom stereocenters. The molecule has 0 aromatic heterocycles. The molecule has 0 N–H and O–H groups in total. The Morgan fingerprint density at radius 1 is 1.33 bits per heavy atom. The Kier molecular flexibility index (Phi) is 6.65. The van der Waals surface area contributed by atoms with Crippen LogP contribution in [0.4, 0.5) is 0 Å². The number of unbranched alkanes of at least 4 members (excludes halogenated alkanes) is 1. The first kappa shape index (κ1) is 9.31. The average Bonchev–Trinajstić information content (AvgIpc) is 1.80. The summed E-state index contributed by atoms with van der Waals surface area (Å²) in [4.78, 5) is 0. The van der Waals surface area contributed by atoms with E-state index in [4.69, 9.17) is 4.74 Å². The minimum absolute atomic E-state index is 0.380. The summed E-state index contributed by atoms with van der Waals surface area (Å²) in [6.45, 7) is 5.00. The summed E-state index contributed by atoms with van der Waals surface area (Å²) in [5.74, 6) is 0.974. The number of rotatable bonds is 5. The van der Waals surface area contributed by atoms with Gasteiger partial charge in [-0.3, -0.25) is 0 Å². The fourth-order valence-corrected chi connectivity index (χ4v) is 0.757. The molecule has 0 rings (SSSR count). The first-order chi connectivity index (χ1) is 4.27. The van der Waals surface area contributed by atoms with Crippen LogP contribution in [0.25, 0.3) is 0 Å². The Balaban J connectivity index is 2.75. The van der Waals surface area contributed by atoms with Crippen LogP contribution in [0.1, 0.15) is 26.7 Å². The SMILES string of the molecule is CC(C)OCCCCS. The topological polar surface area (TPSA) is 9.23 Å². The number of hydrogen-bond acceptors (Lipinski definition) is 2. The number of hydrogen-bond donors (Lipinski definition) is 1. The van der Waals surface area contributed by atoms with Crippen LogP contribution in [0.5, 0.6) is 0 Å². The van der Waals surface area contributed by atoms with Gasteiger partial charge in [-0.2, -0.15) is 12.6 Å². The molecule has 0 aliphatic heterocycles. The summed E-state index contributed by atoms with van der Waals surface area (Å²) in [5.41, 5.74) is 0. The molecule has 0 saturated carbocycles. The highest BCUT2D eigenvalue weighted by atomic mass is 32.1.